The fourth-order valence-corrected chi connectivity index (χ4v) is 1.00. The van der Waals surface area contributed by atoms with E-state index < -0.39 is 0 Å². The van der Waals surface area contributed by atoms with Crippen LogP contribution in [0.4, 0.5) is 0 Å². The Kier molecular flexibility index (Phi) is 2.35. The van der Waals surface area contributed by atoms with E-state index in [1.807, 2.05) is 25.2 Å². The van der Waals surface area contributed by atoms with Crippen molar-refractivity contribution in [3.8, 4) is 0 Å². The summed E-state index contributed by atoms with van der Waals surface area (Å²) in [5.74, 6) is 0.916. The molecule has 11 heavy (non-hydrogen) atoms. The molecule has 1 rings (SSSR count). The molecule has 0 radical (unpaired) electrons. The molecule has 0 heterocycles. The predicted molar refractivity (Wildman–Crippen MR) is 44.3 cm³/mol. The zero-order chi connectivity index (χ0) is 8.32. The highest BCUT2D eigenvalue weighted by Gasteiger charge is 2.21. The van der Waals surface area contributed by atoms with Gasteiger partial charge in [0.25, 0.3) is 0 Å². The van der Waals surface area contributed by atoms with Gasteiger partial charge < -0.3 is 9.47 Å². The normalized spacial score (nSPS) is 29.9. The molecule has 1 atom stereocenters. The number of hydrogen-bond donors (Lipinski definition) is 0. The number of rotatable bonds is 2. The second kappa shape index (κ2) is 3.09. The van der Waals surface area contributed by atoms with Gasteiger partial charge in [-0.05, 0) is 25.2 Å². The Morgan fingerprint density at radius 2 is 2.18 bits per heavy atom. The predicted octanol–water partition coefficient (Wildman–Crippen LogP) is 1.88. The summed E-state index contributed by atoms with van der Waals surface area (Å²) in [5, 5.41) is 0. The minimum atomic E-state index is -0.137. The topological polar surface area (TPSA) is 18.5 Å². The maximum Gasteiger partial charge on any atom is 0.114 e. The van der Waals surface area contributed by atoms with Crippen molar-refractivity contribution >= 4 is 0 Å². The first-order valence-corrected chi connectivity index (χ1v) is 3.69. The minimum Gasteiger partial charge on any atom is -0.497 e. The molecule has 0 aromatic carbocycles. The van der Waals surface area contributed by atoms with Crippen LogP contribution in [0.25, 0.3) is 0 Å². The Morgan fingerprint density at radius 1 is 1.45 bits per heavy atom. The van der Waals surface area contributed by atoms with Gasteiger partial charge in [0, 0.05) is 13.5 Å². The summed E-state index contributed by atoms with van der Waals surface area (Å²) < 4.78 is 10.3. The van der Waals surface area contributed by atoms with Crippen LogP contribution in [0.1, 0.15) is 13.3 Å². The minimum absolute atomic E-state index is 0.137. The molecule has 0 amide bonds. The molecule has 1 unspecified atom stereocenters. The first kappa shape index (κ1) is 8.34. The Labute approximate surface area is 67.5 Å². The van der Waals surface area contributed by atoms with Crippen LogP contribution in [0.2, 0.25) is 0 Å². The monoisotopic (exact) mass is 154 g/mol. The summed E-state index contributed by atoms with van der Waals surface area (Å²) >= 11 is 0. The van der Waals surface area contributed by atoms with E-state index in [0.717, 1.165) is 12.2 Å². The van der Waals surface area contributed by atoms with Crippen molar-refractivity contribution in [1.29, 1.82) is 0 Å². The quantitative estimate of drug-likeness (QED) is 0.604. The molecule has 2 heteroatoms. The SMILES string of the molecule is COC1=CCC(C)(OC)C=C1. The van der Waals surface area contributed by atoms with Crippen molar-refractivity contribution in [2.75, 3.05) is 14.2 Å². The first-order chi connectivity index (χ1) is 5.20. The molecule has 62 valence electrons. The molecule has 1 aliphatic rings. The van der Waals surface area contributed by atoms with E-state index >= 15 is 0 Å². The third-order valence-corrected chi connectivity index (χ3v) is 2.01. The molecule has 0 aromatic rings. The van der Waals surface area contributed by atoms with E-state index in [1.54, 1.807) is 14.2 Å². The van der Waals surface area contributed by atoms with Gasteiger partial charge in [-0.1, -0.05) is 0 Å². The van der Waals surface area contributed by atoms with Crippen LogP contribution in [-0.4, -0.2) is 19.8 Å². The summed E-state index contributed by atoms with van der Waals surface area (Å²) in [4.78, 5) is 0. The van der Waals surface area contributed by atoms with Crippen LogP contribution >= 0.6 is 0 Å². The van der Waals surface area contributed by atoms with Crippen LogP contribution in [0.5, 0.6) is 0 Å². The van der Waals surface area contributed by atoms with E-state index in [9.17, 15) is 0 Å². The fourth-order valence-electron chi connectivity index (χ4n) is 1.00. The van der Waals surface area contributed by atoms with Crippen LogP contribution in [0.3, 0.4) is 0 Å². The van der Waals surface area contributed by atoms with Gasteiger partial charge >= 0.3 is 0 Å². The van der Waals surface area contributed by atoms with Crippen LogP contribution in [0.15, 0.2) is 24.0 Å². The van der Waals surface area contributed by atoms with E-state index in [0.29, 0.717) is 0 Å². The number of hydrogen-bond acceptors (Lipinski definition) is 2. The van der Waals surface area contributed by atoms with Gasteiger partial charge in [0.05, 0.1) is 12.7 Å². The van der Waals surface area contributed by atoms with Crippen molar-refractivity contribution in [2.45, 2.75) is 18.9 Å². The van der Waals surface area contributed by atoms with E-state index in [-0.39, 0.29) is 5.60 Å². The lowest BCUT2D eigenvalue weighted by Gasteiger charge is -2.25. The Bertz CT molecular complexity index is 194. The lowest BCUT2D eigenvalue weighted by Crippen LogP contribution is -2.25. The molecule has 0 fully saturated rings. The molecule has 1 aliphatic carbocycles. The fraction of sp³-hybridized carbons (Fsp3) is 0.556. The second-order valence-corrected chi connectivity index (χ2v) is 2.86. The lowest BCUT2D eigenvalue weighted by molar-refractivity contribution is 0.0486. The van der Waals surface area contributed by atoms with Gasteiger partial charge in [0.2, 0.25) is 0 Å². The average Bonchev–Trinajstić information content (AvgIpc) is 2.06. The molecule has 0 spiro atoms. The van der Waals surface area contributed by atoms with Crippen molar-refractivity contribution in [2.24, 2.45) is 0 Å². The van der Waals surface area contributed by atoms with Crippen molar-refractivity contribution in [1.82, 2.24) is 0 Å². The molecule has 0 saturated carbocycles. The zero-order valence-electron chi connectivity index (χ0n) is 7.26. The first-order valence-electron chi connectivity index (χ1n) is 3.69. The van der Waals surface area contributed by atoms with Gasteiger partial charge in [-0.25, -0.2) is 0 Å². The zero-order valence-corrected chi connectivity index (χ0v) is 7.26. The highest BCUT2D eigenvalue weighted by molar-refractivity contribution is 5.22. The number of allylic oxidation sites excluding steroid dienone is 1. The summed E-state index contributed by atoms with van der Waals surface area (Å²) in [6.45, 7) is 2.05. The molecule has 2 nitrogen and oxygen atoms in total. The second-order valence-electron chi connectivity index (χ2n) is 2.86. The molecule has 0 aromatic heterocycles. The van der Waals surface area contributed by atoms with Crippen LogP contribution in [0, 0.1) is 0 Å². The van der Waals surface area contributed by atoms with E-state index in [4.69, 9.17) is 9.47 Å². The molecule has 0 bridgehead atoms. The van der Waals surface area contributed by atoms with Gasteiger partial charge in [-0.2, -0.15) is 0 Å². The molecular weight excluding hydrogens is 140 g/mol. The molecule has 0 saturated heterocycles. The van der Waals surface area contributed by atoms with E-state index in [2.05, 4.69) is 0 Å². The van der Waals surface area contributed by atoms with Gasteiger partial charge in [-0.3, -0.25) is 0 Å². The Morgan fingerprint density at radius 3 is 2.55 bits per heavy atom. The Hall–Kier alpha value is -0.760. The summed E-state index contributed by atoms with van der Waals surface area (Å²) in [5.41, 5.74) is -0.137. The molecule has 0 aliphatic heterocycles. The third-order valence-electron chi connectivity index (χ3n) is 2.01. The molecular formula is C9H14O2. The highest BCUT2D eigenvalue weighted by Crippen LogP contribution is 2.23. The van der Waals surface area contributed by atoms with Crippen LogP contribution in [-0.2, 0) is 9.47 Å². The maximum absolute atomic E-state index is 5.28. The highest BCUT2D eigenvalue weighted by atomic mass is 16.5. The smallest absolute Gasteiger partial charge is 0.114 e. The summed E-state index contributed by atoms with van der Waals surface area (Å²) in [6, 6.07) is 0. The number of methoxy groups -OCH3 is 2. The lowest BCUT2D eigenvalue weighted by atomic mass is 9.97. The van der Waals surface area contributed by atoms with Gasteiger partial charge in [0.15, 0.2) is 0 Å². The standard InChI is InChI=1S/C9H14O2/c1-9(11-3)6-4-8(10-2)5-7-9/h4-6H,7H2,1-3H3. The van der Waals surface area contributed by atoms with Crippen molar-refractivity contribution in [3.05, 3.63) is 24.0 Å². The van der Waals surface area contributed by atoms with Crippen molar-refractivity contribution < 1.29 is 9.47 Å². The summed E-state index contributed by atoms with van der Waals surface area (Å²) in [7, 11) is 3.39. The third kappa shape index (κ3) is 1.84. The van der Waals surface area contributed by atoms with Gasteiger partial charge in [-0.15, -0.1) is 0 Å². The Balaban J connectivity index is 2.63. The maximum atomic E-state index is 5.28. The summed E-state index contributed by atoms with van der Waals surface area (Å²) in [6.07, 6.45) is 6.87. The van der Waals surface area contributed by atoms with Crippen LogP contribution < -0.4 is 0 Å². The molecule has 0 N–H and O–H groups in total. The number of ether oxygens (including phenoxy) is 2. The largest absolute Gasteiger partial charge is 0.497 e. The van der Waals surface area contributed by atoms with Crippen molar-refractivity contribution in [3.63, 3.8) is 0 Å². The average molecular weight is 154 g/mol. The van der Waals surface area contributed by atoms with E-state index in [1.165, 1.54) is 0 Å². The van der Waals surface area contributed by atoms with Gasteiger partial charge in [0.1, 0.15) is 5.76 Å².